The van der Waals surface area contributed by atoms with Crippen LogP contribution in [0.2, 0.25) is 0 Å². The van der Waals surface area contributed by atoms with Gasteiger partial charge in [0.15, 0.2) is 5.69 Å². The van der Waals surface area contributed by atoms with E-state index in [1.54, 1.807) is 11.3 Å². The van der Waals surface area contributed by atoms with E-state index in [2.05, 4.69) is 88.0 Å². The van der Waals surface area contributed by atoms with E-state index in [9.17, 15) is 0 Å². The van der Waals surface area contributed by atoms with Gasteiger partial charge in [-0.15, -0.1) is 0 Å². The molecule has 0 saturated carbocycles. The van der Waals surface area contributed by atoms with Crippen molar-refractivity contribution in [1.29, 1.82) is 0 Å². The summed E-state index contributed by atoms with van der Waals surface area (Å²) in [6.07, 6.45) is 2.09. The molecule has 0 fully saturated rings. The maximum atomic E-state index is 3.62. The Morgan fingerprint density at radius 3 is 2.61 bits per heavy atom. The summed E-state index contributed by atoms with van der Waals surface area (Å²) in [5.41, 5.74) is 7.01. The normalized spacial score (nSPS) is 11.0. The highest BCUT2D eigenvalue weighted by Gasteiger charge is 2.22. The third-order valence-electron chi connectivity index (χ3n) is 4.12. The Bertz CT molecular complexity index is 968. The molecule has 0 aliphatic carbocycles. The summed E-state index contributed by atoms with van der Waals surface area (Å²) < 4.78 is 2.19. The maximum Gasteiger partial charge on any atom is 0.271 e. The fourth-order valence-electron chi connectivity index (χ4n) is 2.84. The Morgan fingerprint density at radius 2 is 1.83 bits per heavy atom. The van der Waals surface area contributed by atoms with Crippen LogP contribution >= 0.6 is 11.3 Å². The van der Waals surface area contributed by atoms with Crippen LogP contribution in [-0.2, 0) is 0 Å². The highest BCUT2D eigenvalue weighted by molar-refractivity contribution is 7.08. The van der Waals surface area contributed by atoms with E-state index >= 15 is 0 Å². The molecule has 0 bridgehead atoms. The van der Waals surface area contributed by atoms with Gasteiger partial charge in [-0.05, 0) is 49.1 Å². The van der Waals surface area contributed by atoms with Gasteiger partial charge in [0.1, 0.15) is 0 Å². The molecule has 0 amide bonds. The number of hydrogen-bond donors (Lipinski definition) is 2. The number of aryl methyl sites for hydroxylation is 2. The summed E-state index contributed by atoms with van der Waals surface area (Å²) >= 11 is 1.71. The second-order valence-corrected chi connectivity index (χ2v) is 6.49. The molecule has 0 atom stereocenters. The molecule has 0 spiro atoms. The van der Waals surface area contributed by atoms with Gasteiger partial charge in [0.05, 0.1) is 11.9 Å². The number of benzene rings is 1. The van der Waals surface area contributed by atoms with Gasteiger partial charge in [-0.3, -0.25) is 10.3 Å². The molecule has 114 valence electrons. The first-order valence-electron chi connectivity index (χ1n) is 7.62. The quantitative estimate of drug-likeness (QED) is 0.520. The highest BCUT2D eigenvalue weighted by atomic mass is 32.1. The lowest BCUT2D eigenvalue weighted by molar-refractivity contribution is -0.494. The first kappa shape index (κ1) is 14.0. The molecule has 0 saturated heterocycles. The zero-order chi connectivity index (χ0) is 15.8. The van der Waals surface area contributed by atoms with Crippen LogP contribution < -0.4 is 9.72 Å². The molecule has 3 nitrogen and oxygen atoms in total. The number of H-pyrrole nitrogens is 1. The molecule has 0 radical (unpaired) electrons. The molecule has 4 aromatic rings. The topological polar surface area (TPSA) is 31.9 Å². The third-order valence-corrected chi connectivity index (χ3v) is 4.81. The molecular weight excluding hydrogens is 302 g/mol. The van der Waals surface area contributed by atoms with Gasteiger partial charge in [0, 0.05) is 16.5 Å². The van der Waals surface area contributed by atoms with Crippen molar-refractivity contribution in [3.05, 3.63) is 70.5 Å². The van der Waals surface area contributed by atoms with Gasteiger partial charge in [-0.2, -0.15) is 11.3 Å². The number of fused-ring (bicyclic) bond motifs is 1. The van der Waals surface area contributed by atoms with Gasteiger partial charge in [0.2, 0.25) is 5.65 Å². The molecule has 23 heavy (non-hydrogen) atoms. The lowest BCUT2D eigenvalue weighted by Crippen LogP contribution is -2.23. The smallest absolute Gasteiger partial charge is 0.270 e. The number of imidazole rings is 1. The fourth-order valence-corrected chi connectivity index (χ4v) is 3.49. The van der Waals surface area contributed by atoms with Gasteiger partial charge in [-0.25, -0.2) is 4.40 Å². The summed E-state index contributed by atoms with van der Waals surface area (Å²) in [4.78, 5) is 3.58. The van der Waals surface area contributed by atoms with Crippen LogP contribution in [0.5, 0.6) is 0 Å². The number of nitrogens with zero attached hydrogens (tertiary/aromatic N) is 1. The monoisotopic (exact) mass is 320 g/mol. The predicted octanol–water partition coefficient (Wildman–Crippen LogP) is 4.84. The highest BCUT2D eigenvalue weighted by Crippen LogP contribution is 2.30. The summed E-state index contributed by atoms with van der Waals surface area (Å²) in [5.74, 6) is 1.07. The molecule has 4 heteroatoms. The van der Waals surface area contributed by atoms with E-state index in [-0.39, 0.29) is 0 Å². The number of aromatic amines is 1. The van der Waals surface area contributed by atoms with Crippen molar-refractivity contribution < 1.29 is 4.40 Å². The van der Waals surface area contributed by atoms with E-state index in [4.69, 9.17) is 0 Å². The standard InChI is InChI=1S/C19H17N3S/c1-13-6-3-4-8-16(13)20-19-17(15-9-11-23-12-15)21-18-14(2)7-5-10-22(18)19/h3-12,20H,1-2H3/p+1. The average Bonchev–Trinajstić information content (AvgIpc) is 3.18. The molecule has 4 rings (SSSR count). The van der Waals surface area contributed by atoms with E-state index in [0.717, 1.165) is 22.8 Å². The van der Waals surface area contributed by atoms with Crippen molar-refractivity contribution in [1.82, 2.24) is 4.98 Å². The first-order chi connectivity index (χ1) is 11.2. The third kappa shape index (κ3) is 2.41. The largest absolute Gasteiger partial charge is 0.271 e. The van der Waals surface area contributed by atoms with Crippen LogP contribution in [0.3, 0.4) is 0 Å². The zero-order valence-corrected chi connectivity index (χ0v) is 13.9. The van der Waals surface area contributed by atoms with Gasteiger partial charge in [0.25, 0.3) is 5.82 Å². The fraction of sp³-hybridized carbons (Fsp3) is 0.105. The average molecular weight is 320 g/mol. The lowest BCUT2D eigenvalue weighted by atomic mass is 10.2. The minimum atomic E-state index is 1.07. The van der Waals surface area contributed by atoms with E-state index in [1.807, 2.05) is 0 Å². The summed E-state index contributed by atoms with van der Waals surface area (Å²) in [7, 11) is 0. The second-order valence-electron chi connectivity index (χ2n) is 5.71. The van der Waals surface area contributed by atoms with E-state index in [1.165, 1.54) is 16.7 Å². The maximum absolute atomic E-state index is 3.62. The van der Waals surface area contributed by atoms with E-state index < -0.39 is 0 Å². The summed E-state index contributed by atoms with van der Waals surface area (Å²) in [6.45, 7) is 4.25. The Morgan fingerprint density at radius 1 is 1.00 bits per heavy atom. The Hall–Kier alpha value is -2.59. The van der Waals surface area contributed by atoms with Crippen LogP contribution in [0.25, 0.3) is 16.9 Å². The van der Waals surface area contributed by atoms with E-state index in [0.29, 0.717) is 0 Å². The Labute approximate surface area is 139 Å². The zero-order valence-electron chi connectivity index (χ0n) is 13.1. The van der Waals surface area contributed by atoms with Crippen LogP contribution in [0, 0.1) is 13.8 Å². The van der Waals surface area contributed by atoms with Gasteiger partial charge >= 0.3 is 0 Å². The number of rotatable bonds is 3. The van der Waals surface area contributed by atoms with Crippen LogP contribution in [-0.4, -0.2) is 4.98 Å². The molecule has 0 aliphatic rings. The van der Waals surface area contributed by atoms with Crippen molar-refractivity contribution in [3.63, 3.8) is 0 Å². The molecule has 1 aromatic carbocycles. The molecule has 0 unspecified atom stereocenters. The number of thiophene rings is 1. The van der Waals surface area contributed by atoms with Crippen molar-refractivity contribution >= 4 is 28.5 Å². The lowest BCUT2D eigenvalue weighted by Gasteiger charge is -2.05. The van der Waals surface area contributed by atoms with Gasteiger partial charge < -0.3 is 0 Å². The van der Waals surface area contributed by atoms with Crippen molar-refractivity contribution in [2.24, 2.45) is 0 Å². The van der Waals surface area contributed by atoms with Crippen LogP contribution in [0.4, 0.5) is 11.5 Å². The minimum Gasteiger partial charge on any atom is -0.270 e. The number of para-hydroxylation sites is 1. The minimum absolute atomic E-state index is 1.07. The molecule has 3 heterocycles. The number of aromatic nitrogens is 2. The number of nitrogens with one attached hydrogen (secondary N) is 2. The molecular formula is C19H18N3S+. The number of hydrogen-bond acceptors (Lipinski definition) is 2. The molecule has 0 aliphatic heterocycles. The SMILES string of the molecule is Cc1ccccc1Nc1c(-c2ccsc2)[nH]c2c(C)ccc[n+]12. The molecule has 2 N–H and O–H groups in total. The summed E-state index contributed by atoms with van der Waals surface area (Å²) in [6, 6.07) is 14.7. The number of pyridine rings is 1. The van der Waals surface area contributed by atoms with Crippen molar-refractivity contribution in [2.45, 2.75) is 13.8 Å². The molecule has 3 aromatic heterocycles. The van der Waals surface area contributed by atoms with Crippen LogP contribution in [0.1, 0.15) is 11.1 Å². The second kappa shape index (κ2) is 5.56. The number of anilines is 2. The van der Waals surface area contributed by atoms with Crippen molar-refractivity contribution in [3.8, 4) is 11.3 Å². The Kier molecular flexibility index (Phi) is 3.39. The predicted molar refractivity (Wildman–Crippen MR) is 96.5 cm³/mol. The van der Waals surface area contributed by atoms with Gasteiger partial charge in [-0.1, -0.05) is 18.2 Å². The van der Waals surface area contributed by atoms with Crippen molar-refractivity contribution in [2.75, 3.05) is 5.32 Å². The van der Waals surface area contributed by atoms with Crippen LogP contribution in [0.15, 0.2) is 59.4 Å². The first-order valence-corrected chi connectivity index (χ1v) is 8.56. The summed E-state index contributed by atoms with van der Waals surface area (Å²) in [5, 5.41) is 7.89. The Balaban J connectivity index is 1.95.